The van der Waals surface area contributed by atoms with Crippen molar-refractivity contribution in [2.24, 2.45) is 5.73 Å². The molecule has 1 aliphatic heterocycles. The fourth-order valence-electron chi connectivity index (χ4n) is 3.36. The summed E-state index contributed by atoms with van der Waals surface area (Å²) in [5.74, 6) is -0.123. The highest BCUT2D eigenvalue weighted by Crippen LogP contribution is 2.43. The van der Waals surface area contributed by atoms with Crippen molar-refractivity contribution >= 4 is 55.5 Å². The standard InChI is InChI=1S/C17H18Cl2N4O2S2/c1-17(8-27(24,25)23(2)16(20)22-17)15-11(19)7-13(26-15)12-6-9-4-3-5-10(18)14(9)21-12/h3-7,16,21-22H,8,20H2,1-2H3. The molecule has 4 N–H and O–H groups in total. The van der Waals surface area contributed by atoms with Gasteiger partial charge in [0.2, 0.25) is 10.0 Å². The smallest absolute Gasteiger partial charge is 0.218 e. The van der Waals surface area contributed by atoms with Crippen molar-refractivity contribution in [1.82, 2.24) is 14.6 Å². The minimum Gasteiger partial charge on any atom is -0.353 e. The van der Waals surface area contributed by atoms with Crippen LogP contribution in [0.2, 0.25) is 10.0 Å². The molecule has 3 aromatic rings. The summed E-state index contributed by atoms with van der Waals surface area (Å²) in [6.07, 6.45) is -0.817. The summed E-state index contributed by atoms with van der Waals surface area (Å²) in [7, 11) is -2.04. The van der Waals surface area contributed by atoms with Crippen LogP contribution in [0, 0.1) is 0 Å². The van der Waals surface area contributed by atoms with Gasteiger partial charge in [-0.1, -0.05) is 35.3 Å². The van der Waals surface area contributed by atoms with E-state index >= 15 is 0 Å². The summed E-state index contributed by atoms with van der Waals surface area (Å²) >= 11 is 14.2. The first-order valence-corrected chi connectivity index (χ1v) is 11.4. The van der Waals surface area contributed by atoms with E-state index in [4.69, 9.17) is 28.9 Å². The lowest BCUT2D eigenvalue weighted by molar-refractivity contribution is 0.219. The van der Waals surface area contributed by atoms with Crippen LogP contribution in [0.3, 0.4) is 0 Å². The van der Waals surface area contributed by atoms with E-state index in [2.05, 4.69) is 10.3 Å². The Morgan fingerprint density at radius 1 is 1.30 bits per heavy atom. The van der Waals surface area contributed by atoms with Crippen LogP contribution in [0.5, 0.6) is 0 Å². The van der Waals surface area contributed by atoms with Gasteiger partial charge >= 0.3 is 0 Å². The molecule has 1 fully saturated rings. The number of aromatic amines is 1. The van der Waals surface area contributed by atoms with E-state index in [1.807, 2.05) is 30.3 Å². The molecular weight excluding hydrogens is 427 g/mol. The van der Waals surface area contributed by atoms with E-state index in [-0.39, 0.29) is 5.75 Å². The Labute approximate surface area is 171 Å². The third kappa shape index (κ3) is 3.19. The normalized spacial score (nSPS) is 25.9. The molecule has 10 heteroatoms. The minimum atomic E-state index is -3.50. The molecule has 1 saturated heterocycles. The second-order valence-electron chi connectivity index (χ2n) is 6.87. The van der Waals surface area contributed by atoms with Gasteiger partial charge in [0.25, 0.3) is 0 Å². The zero-order valence-electron chi connectivity index (χ0n) is 14.6. The number of nitrogens with zero attached hydrogens (tertiary/aromatic N) is 1. The van der Waals surface area contributed by atoms with Crippen molar-refractivity contribution in [2.45, 2.75) is 18.8 Å². The van der Waals surface area contributed by atoms with E-state index in [0.717, 1.165) is 30.7 Å². The minimum absolute atomic E-state index is 0.123. The number of thiophene rings is 1. The predicted molar refractivity (Wildman–Crippen MR) is 112 cm³/mol. The van der Waals surface area contributed by atoms with Gasteiger partial charge in [-0.2, -0.15) is 4.31 Å². The average Bonchev–Trinajstić information content (AvgIpc) is 3.17. The van der Waals surface area contributed by atoms with Gasteiger partial charge in [0.15, 0.2) is 0 Å². The summed E-state index contributed by atoms with van der Waals surface area (Å²) < 4.78 is 26.1. The number of hydrogen-bond donors (Lipinski definition) is 3. The number of halogens is 2. The Kier molecular flexibility index (Phi) is 4.59. The summed E-state index contributed by atoms with van der Waals surface area (Å²) in [4.78, 5) is 4.95. The van der Waals surface area contributed by atoms with Gasteiger partial charge in [0, 0.05) is 17.3 Å². The molecular formula is C17H18Cl2N4O2S2. The first-order chi connectivity index (χ1) is 12.6. The molecule has 0 amide bonds. The lowest BCUT2D eigenvalue weighted by Crippen LogP contribution is -2.66. The Bertz CT molecular complexity index is 1140. The van der Waals surface area contributed by atoms with Gasteiger partial charge in [0.05, 0.1) is 37.4 Å². The van der Waals surface area contributed by atoms with Crippen molar-refractivity contribution in [2.75, 3.05) is 12.8 Å². The summed E-state index contributed by atoms with van der Waals surface area (Å²) in [6, 6.07) is 9.53. The average molecular weight is 445 g/mol. The van der Waals surface area contributed by atoms with Gasteiger partial charge in [-0.25, -0.2) is 8.42 Å². The lowest BCUT2D eigenvalue weighted by atomic mass is 10.0. The third-order valence-corrected chi connectivity index (χ3v) is 9.03. The molecule has 0 spiro atoms. The fourth-order valence-corrected chi connectivity index (χ4v) is 6.87. The van der Waals surface area contributed by atoms with Crippen molar-refractivity contribution < 1.29 is 8.42 Å². The van der Waals surface area contributed by atoms with Crippen molar-refractivity contribution in [3.63, 3.8) is 0 Å². The van der Waals surface area contributed by atoms with E-state index in [1.54, 1.807) is 6.92 Å². The quantitative estimate of drug-likeness (QED) is 0.563. The largest absolute Gasteiger partial charge is 0.353 e. The number of nitrogens with one attached hydrogen (secondary N) is 2. The van der Waals surface area contributed by atoms with Crippen LogP contribution in [0.25, 0.3) is 21.5 Å². The number of nitrogens with two attached hydrogens (primary N) is 1. The van der Waals surface area contributed by atoms with E-state index in [1.165, 1.54) is 18.4 Å². The molecule has 144 valence electrons. The number of fused-ring (bicyclic) bond motifs is 1. The first-order valence-electron chi connectivity index (χ1n) is 8.17. The van der Waals surface area contributed by atoms with E-state index in [0.29, 0.717) is 10.0 Å². The van der Waals surface area contributed by atoms with Gasteiger partial charge in [-0.15, -0.1) is 11.3 Å². The molecule has 2 unspecified atom stereocenters. The van der Waals surface area contributed by atoms with E-state index in [9.17, 15) is 8.42 Å². The monoisotopic (exact) mass is 444 g/mol. The van der Waals surface area contributed by atoms with Crippen LogP contribution in [0.4, 0.5) is 0 Å². The lowest BCUT2D eigenvalue weighted by Gasteiger charge is -2.42. The number of rotatable bonds is 2. The highest BCUT2D eigenvalue weighted by Gasteiger charge is 2.45. The van der Waals surface area contributed by atoms with Crippen LogP contribution in [0.1, 0.15) is 11.8 Å². The summed E-state index contributed by atoms with van der Waals surface area (Å²) in [5, 5.41) is 5.31. The Balaban J connectivity index is 1.78. The topological polar surface area (TPSA) is 91.2 Å². The van der Waals surface area contributed by atoms with Crippen LogP contribution in [0.15, 0.2) is 30.3 Å². The molecule has 0 aliphatic carbocycles. The van der Waals surface area contributed by atoms with Gasteiger partial charge in [-0.3, -0.25) is 5.32 Å². The maximum absolute atomic E-state index is 12.5. The molecule has 2 aromatic heterocycles. The number of para-hydroxylation sites is 1. The highest BCUT2D eigenvalue weighted by atomic mass is 35.5. The first kappa shape index (κ1) is 19.2. The Morgan fingerprint density at radius 3 is 2.70 bits per heavy atom. The molecule has 1 aliphatic rings. The maximum atomic E-state index is 12.5. The van der Waals surface area contributed by atoms with Gasteiger partial charge in [-0.05, 0) is 25.1 Å². The predicted octanol–water partition coefficient (Wildman–Crippen LogP) is 3.53. The molecule has 27 heavy (non-hydrogen) atoms. The number of aromatic nitrogens is 1. The maximum Gasteiger partial charge on any atom is 0.218 e. The van der Waals surface area contributed by atoms with Gasteiger partial charge < -0.3 is 10.7 Å². The second-order valence-corrected chi connectivity index (χ2v) is 10.8. The Morgan fingerprint density at radius 2 is 2.04 bits per heavy atom. The number of hydrogen-bond acceptors (Lipinski definition) is 5. The second kappa shape index (κ2) is 6.45. The molecule has 1 aromatic carbocycles. The van der Waals surface area contributed by atoms with Crippen LogP contribution >= 0.6 is 34.5 Å². The molecule has 3 heterocycles. The van der Waals surface area contributed by atoms with Gasteiger partial charge in [0.1, 0.15) is 6.29 Å². The molecule has 2 atom stereocenters. The van der Waals surface area contributed by atoms with Crippen molar-refractivity contribution in [1.29, 1.82) is 0 Å². The zero-order chi connectivity index (χ0) is 19.6. The molecule has 0 radical (unpaired) electrons. The molecule has 0 saturated carbocycles. The van der Waals surface area contributed by atoms with Crippen molar-refractivity contribution in [3.8, 4) is 10.6 Å². The summed E-state index contributed by atoms with van der Waals surface area (Å²) in [6.45, 7) is 1.81. The number of H-pyrrole nitrogens is 1. The third-order valence-electron chi connectivity index (χ3n) is 4.83. The van der Waals surface area contributed by atoms with Crippen molar-refractivity contribution in [3.05, 3.63) is 45.3 Å². The SMILES string of the molecule is CN1C(N)NC(C)(c2sc(-c3cc4cccc(Cl)c4[nH]3)cc2Cl)CS1(=O)=O. The number of sulfonamides is 1. The Hall–Kier alpha value is -1.13. The zero-order valence-corrected chi connectivity index (χ0v) is 17.7. The fraction of sp³-hybridized carbons (Fsp3) is 0.294. The summed E-state index contributed by atoms with van der Waals surface area (Å²) in [5.41, 5.74) is 6.83. The van der Waals surface area contributed by atoms with Crippen LogP contribution < -0.4 is 11.1 Å². The van der Waals surface area contributed by atoms with E-state index < -0.39 is 21.9 Å². The molecule has 0 bridgehead atoms. The number of benzene rings is 1. The molecule has 4 rings (SSSR count). The molecule has 6 nitrogen and oxygen atoms in total. The van der Waals surface area contributed by atoms with Crippen LogP contribution in [-0.4, -0.2) is 36.8 Å². The van der Waals surface area contributed by atoms with Crippen LogP contribution in [-0.2, 0) is 15.6 Å². The highest BCUT2D eigenvalue weighted by molar-refractivity contribution is 7.89.